The molecule has 0 aliphatic rings. The van der Waals surface area contributed by atoms with Gasteiger partial charge in [0.2, 0.25) is 6.08 Å². The number of benzene rings is 2. The fourth-order valence-electron chi connectivity index (χ4n) is 1.58. The van der Waals surface area contributed by atoms with Gasteiger partial charge in [-0.2, -0.15) is 18.2 Å². The van der Waals surface area contributed by atoms with Crippen LogP contribution in [-0.2, 0) is 11.0 Å². The normalized spacial score (nSPS) is 11.0. The van der Waals surface area contributed by atoms with Crippen molar-refractivity contribution in [2.75, 3.05) is 0 Å². The van der Waals surface area contributed by atoms with Gasteiger partial charge in [-0.05, 0) is 36.4 Å². The van der Waals surface area contributed by atoms with Crippen LogP contribution in [0.5, 0.6) is 11.5 Å². The monoisotopic (exact) mass is 315 g/mol. The number of nitrogens with zero attached hydrogens (tertiary/aromatic N) is 1. The highest BCUT2D eigenvalue weighted by Crippen LogP contribution is 2.35. The molecule has 114 valence electrons. The molecule has 0 bridgehead atoms. The van der Waals surface area contributed by atoms with E-state index in [-0.39, 0.29) is 23.6 Å². The number of aliphatic imine (C=N–C) groups is 1. The minimum atomic E-state index is -4.87. The summed E-state index contributed by atoms with van der Waals surface area (Å²) in [7, 11) is 0. The van der Waals surface area contributed by atoms with Gasteiger partial charge in [-0.3, -0.25) is 0 Å². The van der Waals surface area contributed by atoms with E-state index in [0.29, 0.717) is 0 Å². The Morgan fingerprint density at radius 2 is 1.55 bits per heavy atom. The molecule has 0 saturated heterocycles. The Bertz CT molecular complexity index is 711. The third-order valence-corrected chi connectivity index (χ3v) is 2.56. The molecular weight excluding hydrogens is 309 g/mol. The van der Waals surface area contributed by atoms with E-state index in [1.165, 1.54) is 30.3 Å². The molecule has 0 saturated carbocycles. The molecule has 0 aliphatic heterocycles. The Balaban J connectivity index is 2.31. The lowest BCUT2D eigenvalue weighted by molar-refractivity contribution is -0.138. The van der Waals surface area contributed by atoms with Gasteiger partial charge in [0.05, 0.1) is 11.3 Å². The fourth-order valence-corrected chi connectivity index (χ4v) is 1.58. The lowest BCUT2D eigenvalue weighted by Crippen LogP contribution is -2.07. The topological polar surface area (TPSA) is 38.7 Å². The molecule has 0 atom stereocenters. The Morgan fingerprint density at radius 3 is 2.00 bits per heavy atom. The van der Waals surface area contributed by atoms with Crippen LogP contribution in [0.2, 0.25) is 0 Å². The second-order valence-electron chi connectivity index (χ2n) is 4.07. The molecular formula is C14H6F5NO2. The average Bonchev–Trinajstić information content (AvgIpc) is 2.43. The molecule has 0 amide bonds. The third kappa shape index (κ3) is 3.48. The van der Waals surface area contributed by atoms with E-state index in [4.69, 9.17) is 4.74 Å². The molecule has 2 aromatic carbocycles. The lowest BCUT2D eigenvalue weighted by atomic mass is 10.2. The van der Waals surface area contributed by atoms with Gasteiger partial charge in [-0.1, -0.05) is 0 Å². The minimum Gasteiger partial charge on any atom is -0.451 e. The zero-order valence-electron chi connectivity index (χ0n) is 10.6. The summed E-state index contributed by atoms with van der Waals surface area (Å²) in [5, 5.41) is 0. The molecule has 0 unspecified atom stereocenters. The first kappa shape index (κ1) is 15.7. The maximum atomic E-state index is 13.6. The highest BCUT2D eigenvalue weighted by Gasteiger charge is 2.33. The van der Waals surface area contributed by atoms with Crippen LogP contribution >= 0.6 is 0 Å². The second-order valence-corrected chi connectivity index (χ2v) is 4.07. The molecule has 2 aromatic rings. The highest BCUT2D eigenvalue weighted by molar-refractivity contribution is 5.50. The maximum absolute atomic E-state index is 13.6. The number of alkyl halides is 3. The van der Waals surface area contributed by atoms with Gasteiger partial charge in [0.25, 0.3) is 0 Å². The van der Waals surface area contributed by atoms with Crippen LogP contribution < -0.4 is 4.74 Å². The predicted octanol–water partition coefficient (Wildman–Crippen LogP) is 4.74. The number of halogens is 5. The molecule has 0 spiro atoms. The number of hydrogen-bond acceptors (Lipinski definition) is 3. The molecule has 0 heterocycles. The van der Waals surface area contributed by atoms with E-state index in [2.05, 4.69) is 4.99 Å². The van der Waals surface area contributed by atoms with Gasteiger partial charge in [0, 0.05) is 0 Å². The number of carbonyl (C=O) groups excluding carboxylic acids is 1. The predicted molar refractivity (Wildman–Crippen MR) is 65.7 cm³/mol. The largest absolute Gasteiger partial charge is 0.451 e. The third-order valence-electron chi connectivity index (χ3n) is 2.56. The van der Waals surface area contributed by atoms with E-state index in [1.54, 1.807) is 0 Å². The van der Waals surface area contributed by atoms with Crippen molar-refractivity contribution in [3.8, 4) is 11.5 Å². The van der Waals surface area contributed by atoms with Crippen LogP contribution in [0.1, 0.15) is 5.56 Å². The van der Waals surface area contributed by atoms with Crippen molar-refractivity contribution < 1.29 is 31.5 Å². The van der Waals surface area contributed by atoms with E-state index >= 15 is 0 Å². The fraction of sp³-hybridized carbons (Fsp3) is 0.0714. The van der Waals surface area contributed by atoms with Crippen molar-refractivity contribution in [2.45, 2.75) is 6.18 Å². The highest BCUT2D eigenvalue weighted by atomic mass is 19.4. The second kappa shape index (κ2) is 5.95. The Morgan fingerprint density at radius 1 is 1.00 bits per heavy atom. The minimum absolute atomic E-state index is 0.0394. The van der Waals surface area contributed by atoms with E-state index < -0.39 is 29.1 Å². The summed E-state index contributed by atoms with van der Waals surface area (Å²) < 4.78 is 69.3. The SMILES string of the molecule is O=C=Nc1ccc(Oc2c(F)cc(C(F)(F)F)cc2F)cc1. The van der Waals surface area contributed by atoms with Crippen molar-refractivity contribution in [1.82, 2.24) is 0 Å². The summed E-state index contributed by atoms with van der Waals surface area (Å²) in [4.78, 5) is 13.3. The number of hydrogen-bond donors (Lipinski definition) is 0. The Labute approximate surface area is 120 Å². The van der Waals surface area contributed by atoms with Gasteiger partial charge in [0.15, 0.2) is 17.4 Å². The standard InChI is InChI=1S/C14H6F5NO2/c15-11-5-8(14(17,18)19)6-12(16)13(11)22-10-3-1-9(2-4-10)20-7-21/h1-6H. The first-order chi connectivity index (χ1) is 10.3. The Hall–Kier alpha value is -2.73. The number of rotatable bonds is 3. The van der Waals surface area contributed by atoms with Gasteiger partial charge in [-0.15, -0.1) is 0 Å². The molecule has 0 aromatic heterocycles. The Kier molecular flexibility index (Phi) is 4.23. The summed E-state index contributed by atoms with van der Waals surface area (Å²) in [6.07, 6.45) is -3.57. The van der Waals surface area contributed by atoms with Crippen LogP contribution in [0.4, 0.5) is 27.6 Å². The van der Waals surface area contributed by atoms with Crippen LogP contribution in [-0.4, -0.2) is 6.08 Å². The lowest BCUT2D eigenvalue weighted by Gasteiger charge is -2.11. The molecule has 0 N–H and O–H groups in total. The number of ether oxygens (including phenoxy) is 1. The van der Waals surface area contributed by atoms with E-state index in [0.717, 1.165) is 0 Å². The summed E-state index contributed by atoms with van der Waals surface area (Å²) in [6, 6.07) is 5.38. The van der Waals surface area contributed by atoms with Crippen LogP contribution in [0, 0.1) is 11.6 Å². The number of isocyanates is 1. The summed E-state index contributed by atoms with van der Waals surface area (Å²) in [5.74, 6) is -3.97. The van der Waals surface area contributed by atoms with Gasteiger partial charge >= 0.3 is 6.18 Å². The van der Waals surface area contributed by atoms with E-state index in [9.17, 15) is 26.7 Å². The summed E-state index contributed by atoms with van der Waals surface area (Å²) in [6.45, 7) is 0. The van der Waals surface area contributed by atoms with Crippen molar-refractivity contribution in [1.29, 1.82) is 0 Å². The van der Waals surface area contributed by atoms with Crippen LogP contribution in [0.3, 0.4) is 0 Å². The molecule has 0 fully saturated rings. The van der Waals surface area contributed by atoms with E-state index in [1.807, 2.05) is 0 Å². The smallest absolute Gasteiger partial charge is 0.416 e. The molecule has 0 aliphatic carbocycles. The van der Waals surface area contributed by atoms with Gasteiger partial charge in [0.1, 0.15) is 5.75 Å². The van der Waals surface area contributed by atoms with Crippen molar-refractivity contribution >= 4 is 11.8 Å². The maximum Gasteiger partial charge on any atom is 0.416 e. The summed E-state index contributed by atoms with van der Waals surface area (Å²) in [5.41, 5.74) is -1.22. The van der Waals surface area contributed by atoms with Crippen LogP contribution in [0.15, 0.2) is 41.4 Å². The zero-order chi connectivity index (χ0) is 16.3. The van der Waals surface area contributed by atoms with Crippen LogP contribution in [0.25, 0.3) is 0 Å². The van der Waals surface area contributed by atoms with Crippen molar-refractivity contribution in [3.63, 3.8) is 0 Å². The molecule has 3 nitrogen and oxygen atoms in total. The molecule has 8 heteroatoms. The molecule has 2 rings (SSSR count). The van der Waals surface area contributed by atoms with Crippen molar-refractivity contribution in [2.24, 2.45) is 4.99 Å². The molecule has 0 radical (unpaired) electrons. The average molecular weight is 315 g/mol. The van der Waals surface area contributed by atoms with Gasteiger partial charge in [-0.25, -0.2) is 13.6 Å². The first-order valence-corrected chi connectivity index (χ1v) is 5.73. The quantitative estimate of drug-likeness (QED) is 0.466. The van der Waals surface area contributed by atoms with Gasteiger partial charge < -0.3 is 4.74 Å². The first-order valence-electron chi connectivity index (χ1n) is 5.73. The molecule has 22 heavy (non-hydrogen) atoms. The zero-order valence-corrected chi connectivity index (χ0v) is 10.6. The summed E-state index contributed by atoms with van der Waals surface area (Å²) >= 11 is 0. The van der Waals surface area contributed by atoms with Crippen molar-refractivity contribution in [3.05, 3.63) is 53.6 Å².